The molecule has 0 saturated heterocycles. The molecule has 1 N–H and O–H groups in total. The van der Waals surface area contributed by atoms with Crippen LogP contribution in [-0.2, 0) is 0 Å². The summed E-state index contributed by atoms with van der Waals surface area (Å²) in [5, 5.41) is 10.2. The molecule has 0 amide bonds. The zero-order valence-electron chi connectivity index (χ0n) is 19.3. The van der Waals surface area contributed by atoms with Gasteiger partial charge in [0.1, 0.15) is 0 Å². The van der Waals surface area contributed by atoms with Gasteiger partial charge in [-0.05, 0) is 97.7 Å². The van der Waals surface area contributed by atoms with Gasteiger partial charge >= 0.3 is 0 Å². The monoisotopic (exact) mass is 387 g/mol. The SMILES string of the molecule is CC(C)CCC[C@@H](C)[C@H]1CC[C@H]2[C@@H]3CC=C4[13CH2]C(O)CC[C@]4(C)[C@H]3CC[C@]12C. The van der Waals surface area contributed by atoms with Crippen LogP contribution in [0.3, 0.4) is 0 Å². The maximum absolute atomic E-state index is 10.2. The molecule has 0 radical (unpaired) electrons. The summed E-state index contributed by atoms with van der Waals surface area (Å²) in [5.41, 5.74) is 2.60. The quantitative estimate of drug-likeness (QED) is 0.385. The van der Waals surface area contributed by atoms with Crippen molar-refractivity contribution in [2.24, 2.45) is 46.3 Å². The number of hydrogen-bond donors (Lipinski definition) is 1. The van der Waals surface area contributed by atoms with Crippen molar-refractivity contribution in [2.45, 2.75) is 111 Å². The number of rotatable bonds is 5. The zero-order valence-corrected chi connectivity index (χ0v) is 19.3. The van der Waals surface area contributed by atoms with Crippen molar-refractivity contribution < 1.29 is 5.11 Å². The van der Waals surface area contributed by atoms with E-state index in [9.17, 15) is 5.11 Å². The number of aliphatic hydroxyl groups excluding tert-OH is 1. The van der Waals surface area contributed by atoms with Gasteiger partial charge < -0.3 is 5.11 Å². The average Bonchev–Trinajstić information content (AvgIpc) is 2.99. The summed E-state index contributed by atoms with van der Waals surface area (Å²) in [4.78, 5) is 0. The van der Waals surface area contributed by atoms with Gasteiger partial charge in [-0.25, -0.2) is 0 Å². The highest BCUT2D eigenvalue weighted by molar-refractivity contribution is 5.25. The Morgan fingerprint density at radius 3 is 2.54 bits per heavy atom. The Morgan fingerprint density at radius 1 is 1.00 bits per heavy atom. The van der Waals surface area contributed by atoms with Crippen molar-refractivity contribution in [3.05, 3.63) is 11.6 Å². The van der Waals surface area contributed by atoms with Crippen molar-refractivity contribution in [1.82, 2.24) is 0 Å². The highest BCUT2D eigenvalue weighted by atomic mass is 16.3. The third-order valence-corrected chi connectivity index (χ3v) is 10.3. The Bertz CT molecular complexity index is 591. The second-order valence-electron chi connectivity index (χ2n) is 12.2. The summed E-state index contributed by atoms with van der Waals surface area (Å²) < 4.78 is 0. The van der Waals surface area contributed by atoms with Crippen LogP contribution >= 0.6 is 0 Å². The molecule has 4 aliphatic rings. The first kappa shape index (κ1) is 21.0. The van der Waals surface area contributed by atoms with E-state index in [4.69, 9.17) is 0 Å². The van der Waals surface area contributed by atoms with E-state index in [1.165, 1.54) is 57.8 Å². The van der Waals surface area contributed by atoms with Gasteiger partial charge in [0.15, 0.2) is 0 Å². The molecule has 0 spiro atoms. The fourth-order valence-corrected chi connectivity index (χ4v) is 8.67. The van der Waals surface area contributed by atoms with Crippen LogP contribution in [0.4, 0.5) is 0 Å². The second-order valence-corrected chi connectivity index (χ2v) is 12.2. The fraction of sp³-hybridized carbons (Fsp3) is 0.926. The molecular weight excluding hydrogens is 341 g/mol. The molecular formula is C27H46O. The zero-order chi connectivity index (χ0) is 20.1. The molecule has 3 saturated carbocycles. The highest BCUT2D eigenvalue weighted by Crippen LogP contribution is 2.67. The summed E-state index contributed by atoms with van der Waals surface area (Å²) in [7, 11) is 0. The first-order valence-electron chi connectivity index (χ1n) is 12.6. The molecule has 0 aromatic carbocycles. The van der Waals surface area contributed by atoms with Crippen LogP contribution < -0.4 is 0 Å². The molecule has 0 aromatic rings. The molecule has 0 aromatic heterocycles. The minimum atomic E-state index is -0.0766. The van der Waals surface area contributed by atoms with Crippen molar-refractivity contribution in [2.75, 3.05) is 0 Å². The van der Waals surface area contributed by atoms with Crippen molar-refractivity contribution in [1.29, 1.82) is 0 Å². The van der Waals surface area contributed by atoms with E-state index in [1.807, 2.05) is 0 Å². The average molecular weight is 388 g/mol. The lowest BCUT2D eigenvalue weighted by molar-refractivity contribution is -0.0573. The number of allylic oxidation sites excluding steroid dienone is 1. The van der Waals surface area contributed by atoms with E-state index in [0.717, 1.165) is 48.3 Å². The van der Waals surface area contributed by atoms with Crippen LogP contribution in [-0.4, -0.2) is 11.2 Å². The molecule has 160 valence electrons. The van der Waals surface area contributed by atoms with Gasteiger partial charge in [-0.3, -0.25) is 0 Å². The minimum absolute atomic E-state index is 0.0766. The normalized spacial score (nSPS) is 46.5. The maximum atomic E-state index is 10.2. The Kier molecular flexibility index (Phi) is 5.80. The van der Waals surface area contributed by atoms with Gasteiger partial charge in [0.2, 0.25) is 0 Å². The lowest BCUT2D eigenvalue weighted by Crippen LogP contribution is -2.50. The predicted octanol–water partition coefficient (Wildman–Crippen LogP) is 7.39. The first-order valence-corrected chi connectivity index (χ1v) is 12.6. The predicted molar refractivity (Wildman–Crippen MR) is 119 cm³/mol. The molecule has 1 heteroatoms. The molecule has 1 nitrogen and oxygen atoms in total. The molecule has 8 atom stereocenters. The summed E-state index contributed by atoms with van der Waals surface area (Å²) in [6, 6.07) is 0. The van der Waals surface area contributed by atoms with E-state index in [0.29, 0.717) is 10.8 Å². The molecule has 1 unspecified atom stereocenters. The van der Waals surface area contributed by atoms with Gasteiger partial charge in [0.25, 0.3) is 0 Å². The van der Waals surface area contributed by atoms with Crippen LogP contribution in [0, 0.1) is 46.3 Å². The molecule has 4 rings (SSSR count). The maximum Gasteiger partial charge on any atom is 0.0577 e. The topological polar surface area (TPSA) is 20.2 Å². The van der Waals surface area contributed by atoms with Crippen LogP contribution in [0.2, 0.25) is 0 Å². The largest absolute Gasteiger partial charge is 0.393 e. The highest BCUT2D eigenvalue weighted by Gasteiger charge is 2.59. The van der Waals surface area contributed by atoms with E-state index >= 15 is 0 Å². The summed E-state index contributed by atoms with van der Waals surface area (Å²) >= 11 is 0. The summed E-state index contributed by atoms with van der Waals surface area (Å²) in [6.07, 6.45) is 17.2. The second kappa shape index (κ2) is 7.75. The first-order chi connectivity index (χ1) is 13.3. The van der Waals surface area contributed by atoms with E-state index < -0.39 is 0 Å². The molecule has 28 heavy (non-hydrogen) atoms. The van der Waals surface area contributed by atoms with Crippen LogP contribution in [0.25, 0.3) is 0 Å². The summed E-state index contributed by atoms with van der Waals surface area (Å²) in [5.74, 6) is 5.46. The Morgan fingerprint density at radius 2 is 1.79 bits per heavy atom. The Balaban J connectivity index is 1.49. The van der Waals surface area contributed by atoms with E-state index in [1.54, 1.807) is 5.57 Å². The molecule has 4 aliphatic carbocycles. The lowest BCUT2D eigenvalue weighted by Gasteiger charge is -2.58. The lowest BCUT2D eigenvalue weighted by atomic mass is 9.48. The molecule has 3 fully saturated rings. The van der Waals surface area contributed by atoms with Gasteiger partial charge in [0, 0.05) is 0 Å². The van der Waals surface area contributed by atoms with Crippen LogP contribution in [0.1, 0.15) is 105 Å². The van der Waals surface area contributed by atoms with Gasteiger partial charge in [-0.2, -0.15) is 0 Å². The summed E-state index contributed by atoms with van der Waals surface area (Å²) in [6.45, 7) is 12.6. The number of fused-ring (bicyclic) bond motifs is 5. The van der Waals surface area contributed by atoms with Crippen molar-refractivity contribution in [3.63, 3.8) is 0 Å². The van der Waals surface area contributed by atoms with Gasteiger partial charge in [0.05, 0.1) is 6.10 Å². The van der Waals surface area contributed by atoms with E-state index in [-0.39, 0.29) is 6.10 Å². The standard InChI is InChI=1S/C27H46O/c1-18(2)7-6-8-19(3)23-11-12-24-22-10-9-20-17-21(28)13-15-26(20,4)25(22)14-16-27(23,24)5/h9,18-19,21-25,28H,6-8,10-17H2,1-5H3/t19-,21?,22+,23-,24+,25+,26+,27-/m1/s1/i17+1. The third-order valence-electron chi connectivity index (χ3n) is 10.3. The Labute approximate surface area is 174 Å². The molecule has 0 heterocycles. The number of hydrogen-bond acceptors (Lipinski definition) is 1. The fourth-order valence-electron chi connectivity index (χ4n) is 8.67. The van der Waals surface area contributed by atoms with Gasteiger partial charge in [-0.15, -0.1) is 0 Å². The molecule has 0 aliphatic heterocycles. The van der Waals surface area contributed by atoms with E-state index in [2.05, 4.69) is 40.7 Å². The van der Waals surface area contributed by atoms with Crippen molar-refractivity contribution in [3.8, 4) is 0 Å². The van der Waals surface area contributed by atoms with Crippen LogP contribution in [0.5, 0.6) is 0 Å². The smallest absolute Gasteiger partial charge is 0.0577 e. The number of aliphatic hydroxyl groups is 1. The van der Waals surface area contributed by atoms with Crippen LogP contribution in [0.15, 0.2) is 11.6 Å². The Hall–Kier alpha value is -0.300. The third kappa shape index (κ3) is 3.42. The van der Waals surface area contributed by atoms with Crippen molar-refractivity contribution >= 4 is 0 Å². The van der Waals surface area contributed by atoms with Gasteiger partial charge in [-0.1, -0.05) is 65.5 Å². The minimum Gasteiger partial charge on any atom is -0.393 e. The molecule has 0 bridgehead atoms.